The van der Waals surface area contributed by atoms with Gasteiger partial charge in [-0.1, -0.05) is 6.07 Å². The lowest BCUT2D eigenvalue weighted by Crippen LogP contribution is -2.39. The van der Waals surface area contributed by atoms with Crippen molar-refractivity contribution in [1.82, 2.24) is 24.9 Å². The van der Waals surface area contributed by atoms with Crippen LogP contribution >= 0.6 is 0 Å². The molecule has 1 saturated carbocycles. The molecule has 2 fully saturated rings. The van der Waals surface area contributed by atoms with Crippen molar-refractivity contribution < 1.29 is 14.2 Å². The largest absolute Gasteiger partial charge is 0.480 e. The molecule has 1 aliphatic carbocycles. The van der Waals surface area contributed by atoms with Crippen LogP contribution in [0.15, 0.2) is 36.8 Å². The third-order valence-corrected chi connectivity index (χ3v) is 6.37. The quantitative estimate of drug-likeness (QED) is 0.503. The maximum absolute atomic E-state index is 5.83. The van der Waals surface area contributed by atoms with Crippen molar-refractivity contribution in [2.75, 3.05) is 25.6 Å². The average Bonchev–Trinajstić information content (AvgIpc) is 3.47. The third kappa shape index (κ3) is 3.34. The highest BCUT2D eigenvalue weighted by Gasteiger charge is 2.40. The summed E-state index contributed by atoms with van der Waals surface area (Å²) in [6.45, 7) is 1.38. The zero-order chi connectivity index (χ0) is 21.5. The first-order valence-corrected chi connectivity index (χ1v) is 10.9. The second-order valence-corrected chi connectivity index (χ2v) is 8.27. The fraction of sp³-hybridized carbons (Fsp3) is 0.391. The van der Waals surface area contributed by atoms with Crippen LogP contribution in [-0.2, 0) is 9.47 Å². The molecule has 0 amide bonds. The molecular formula is C23H24N6O3. The van der Waals surface area contributed by atoms with Gasteiger partial charge in [-0.05, 0) is 30.5 Å². The van der Waals surface area contributed by atoms with Crippen LogP contribution in [0.1, 0.15) is 25.7 Å². The Morgan fingerprint density at radius 2 is 1.84 bits per heavy atom. The maximum atomic E-state index is 5.83. The SMILES string of the molecule is COc1nc(NC2CCC3(CC2)OCCO3)nc2[nH]cc(-c3ccc4nccnc4c3)c12. The summed E-state index contributed by atoms with van der Waals surface area (Å²) >= 11 is 0. The van der Waals surface area contributed by atoms with E-state index in [4.69, 9.17) is 19.2 Å². The number of aromatic nitrogens is 5. The highest BCUT2D eigenvalue weighted by Crippen LogP contribution is 2.38. The molecule has 1 aliphatic heterocycles. The molecular weight excluding hydrogens is 408 g/mol. The van der Waals surface area contributed by atoms with Crippen molar-refractivity contribution >= 4 is 28.0 Å². The normalized spacial score (nSPS) is 18.5. The van der Waals surface area contributed by atoms with E-state index in [1.807, 2.05) is 24.4 Å². The van der Waals surface area contributed by atoms with Gasteiger partial charge in [-0.2, -0.15) is 9.97 Å². The molecule has 9 nitrogen and oxygen atoms in total. The number of fused-ring (bicyclic) bond motifs is 2. The highest BCUT2D eigenvalue weighted by molar-refractivity contribution is 5.99. The van der Waals surface area contributed by atoms with Crippen molar-refractivity contribution in [3.63, 3.8) is 0 Å². The van der Waals surface area contributed by atoms with Gasteiger partial charge in [0.05, 0.1) is 36.7 Å². The van der Waals surface area contributed by atoms with Gasteiger partial charge in [0, 0.05) is 43.0 Å². The fourth-order valence-electron chi connectivity index (χ4n) is 4.74. The van der Waals surface area contributed by atoms with Crippen LogP contribution in [-0.4, -0.2) is 57.1 Å². The number of anilines is 1. The van der Waals surface area contributed by atoms with Gasteiger partial charge in [0.15, 0.2) is 5.79 Å². The Balaban J connectivity index is 1.29. The first-order valence-electron chi connectivity index (χ1n) is 10.9. The van der Waals surface area contributed by atoms with Gasteiger partial charge in [0.25, 0.3) is 0 Å². The standard InChI is InChI=1S/C23H24N6O3/c1-30-21-19-16(14-2-3-17-18(12-14)25-9-8-24-17)13-26-20(19)28-22(29-21)27-15-4-6-23(7-5-15)31-10-11-32-23/h2-3,8-9,12-13,15H,4-7,10-11H2,1H3,(H2,26,27,28,29). The van der Waals surface area contributed by atoms with Gasteiger partial charge in [0.1, 0.15) is 5.65 Å². The van der Waals surface area contributed by atoms with Gasteiger partial charge in [0.2, 0.25) is 11.8 Å². The molecule has 0 atom stereocenters. The van der Waals surface area contributed by atoms with E-state index in [1.54, 1.807) is 19.5 Å². The molecule has 9 heteroatoms. The molecule has 3 aromatic heterocycles. The number of benzene rings is 1. The van der Waals surface area contributed by atoms with Gasteiger partial charge < -0.3 is 24.5 Å². The molecule has 0 bridgehead atoms. The van der Waals surface area contributed by atoms with E-state index in [9.17, 15) is 0 Å². The molecule has 164 valence electrons. The molecule has 4 heterocycles. The average molecular weight is 432 g/mol. The van der Waals surface area contributed by atoms with E-state index < -0.39 is 0 Å². The zero-order valence-corrected chi connectivity index (χ0v) is 17.8. The predicted octanol–water partition coefficient (Wildman–Crippen LogP) is 3.67. The Morgan fingerprint density at radius 3 is 2.62 bits per heavy atom. The second kappa shape index (κ2) is 7.68. The monoisotopic (exact) mass is 432 g/mol. The van der Waals surface area contributed by atoms with E-state index in [2.05, 4.69) is 25.3 Å². The van der Waals surface area contributed by atoms with Crippen LogP contribution in [0.3, 0.4) is 0 Å². The minimum absolute atomic E-state index is 0.268. The number of nitrogens with zero attached hydrogens (tertiary/aromatic N) is 4. The van der Waals surface area contributed by atoms with Gasteiger partial charge in [-0.3, -0.25) is 9.97 Å². The first-order chi connectivity index (χ1) is 15.7. The number of hydrogen-bond acceptors (Lipinski definition) is 8. The summed E-state index contributed by atoms with van der Waals surface area (Å²) in [7, 11) is 1.63. The molecule has 1 aromatic carbocycles. The van der Waals surface area contributed by atoms with E-state index in [-0.39, 0.29) is 11.8 Å². The lowest BCUT2D eigenvalue weighted by Gasteiger charge is -2.35. The summed E-state index contributed by atoms with van der Waals surface area (Å²) in [6.07, 6.45) is 8.96. The predicted molar refractivity (Wildman–Crippen MR) is 119 cm³/mol. The molecule has 2 aliphatic rings. The summed E-state index contributed by atoms with van der Waals surface area (Å²) in [4.78, 5) is 21.4. The van der Waals surface area contributed by atoms with Crippen LogP contribution in [0, 0.1) is 0 Å². The summed E-state index contributed by atoms with van der Waals surface area (Å²) < 4.78 is 17.3. The summed E-state index contributed by atoms with van der Waals surface area (Å²) in [5.74, 6) is 0.711. The summed E-state index contributed by atoms with van der Waals surface area (Å²) in [6, 6.07) is 6.27. The minimum atomic E-state index is -0.376. The topological polar surface area (TPSA) is 107 Å². The van der Waals surface area contributed by atoms with E-state index in [0.717, 1.165) is 58.9 Å². The Labute approximate surface area is 184 Å². The Bertz CT molecular complexity index is 1270. The number of ether oxygens (including phenoxy) is 3. The van der Waals surface area contributed by atoms with Crippen LogP contribution in [0.25, 0.3) is 33.2 Å². The third-order valence-electron chi connectivity index (χ3n) is 6.37. The van der Waals surface area contributed by atoms with Crippen molar-refractivity contribution in [3.8, 4) is 17.0 Å². The molecule has 4 aromatic rings. The number of rotatable bonds is 4. The number of aromatic amines is 1. The smallest absolute Gasteiger partial charge is 0.228 e. The van der Waals surface area contributed by atoms with Gasteiger partial charge in [-0.15, -0.1) is 0 Å². The maximum Gasteiger partial charge on any atom is 0.228 e. The molecule has 6 rings (SSSR count). The van der Waals surface area contributed by atoms with Gasteiger partial charge >= 0.3 is 0 Å². The Kier molecular flexibility index (Phi) is 4.65. The molecule has 2 N–H and O–H groups in total. The fourth-order valence-corrected chi connectivity index (χ4v) is 4.74. The molecule has 32 heavy (non-hydrogen) atoms. The highest BCUT2D eigenvalue weighted by atomic mass is 16.7. The van der Waals surface area contributed by atoms with Crippen molar-refractivity contribution in [1.29, 1.82) is 0 Å². The number of nitrogens with one attached hydrogen (secondary N) is 2. The molecule has 1 saturated heterocycles. The lowest BCUT2D eigenvalue weighted by molar-refractivity contribution is -0.177. The van der Waals surface area contributed by atoms with Crippen LogP contribution in [0.2, 0.25) is 0 Å². The number of hydrogen-bond donors (Lipinski definition) is 2. The first kappa shape index (κ1) is 19.4. The number of H-pyrrole nitrogens is 1. The minimum Gasteiger partial charge on any atom is -0.480 e. The molecule has 0 unspecified atom stereocenters. The Morgan fingerprint density at radius 1 is 1.06 bits per heavy atom. The molecule has 0 radical (unpaired) electrons. The molecule has 1 spiro atoms. The van der Waals surface area contributed by atoms with E-state index >= 15 is 0 Å². The van der Waals surface area contributed by atoms with Crippen molar-refractivity contribution in [3.05, 3.63) is 36.8 Å². The van der Waals surface area contributed by atoms with E-state index in [0.29, 0.717) is 25.0 Å². The van der Waals surface area contributed by atoms with Gasteiger partial charge in [-0.25, -0.2) is 0 Å². The summed E-state index contributed by atoms with van der Waals surface area (Å²) in [5.41, 5.74) is 4.38. The van der Waals surface area contributed by atoms with Crippen molar-refractivity contribution in [2.45, 2.75) is 37.5 Å². The zero-order valence-electron chi connectivity index (χ0n) is 17.8. The lowest BCUT2D eigenvalue weighted by atomic mass is 9.90. The van der Waals surface area contributed by atoms with E-state index in [1.165, 1.54) is 0 Å². The number of methoxy groups -OCH3 is 1. The second-order valence-electron chi connectivity index (χ2n) is 8.27. The van der Waals surface area contributed by atoms with Crippen LogP contribution in [0.4, 0.5) is 5.95 Å². The Hall–Kier alpha value is -3.30. The summed E-state index contributed by atoms with van der Waals surface area (Å²) in [5, 5.41) is 4.32. The van der Waals surface area contributed by atoms with Crippen LogP contribution in [0.5, 0.6) is 5.88 Å². The van der Waals surface area contributed by atoms with Crippen LogP contribution < -0.4 is 10.1 Å². The van der Waals surface area contributed by atoms with Crippen molar-refractivity contribution in [2.24, 2.45) is 0 Å².